The summed E-state index contributed by atoms with van der Waals surface area (Å²) in [7, 11) is 0. The summed E-state index contributed by atoms with van der Waals surface area (Å²) in [6, 6.07) is 7.49. The Kier molecular flexibility index (Phi) is 3.41. The maximum absolute atomic E-state index is 12.6. The van der Waals surface area contributed by atoms with Crippen LogP contribution in [-0.2, 0) is 4.18 Å². The predicted molar refractivity (Wildman–Crippen MR) is 60.7 cm³/mol. The van der Waals surface area contributed by atoms with Crippen molar-refractivity contribution in [3.05, 3.63) is 29.8 Å². The van der Waals surface area contributed by atoms with Gasteiger partial charge in [0, 0.05) is 16.9 Å². The lowest BCUT2D eigenvalue weighted by Gasteiger charge is -2.18. The van der Waals surface area contributed by atoms with Crippen LogP contribution in [-0.4, -0.2) is 12.8 Å². The van der Waals surface area contributed by atoms with E-state index in [1.807, 2.05) is 31.2 Å². The summed E-state index contributed by atoms with van der Waals surface area (Å²) >= 11 is 1.01. The number of alkyl halides is 3. The zero-order valence-electron chi connectivity index (χ0n) is 9.38. The van der Waals surface area contributed by atoms with Crippen molar-refractivity contribution >= 4 is 12.0 Å². The van der Waals surface area contributed by atoms with Crippen LogP contribution < -0.4 is 0 Å². The molecule has 5 heteroatoms. The predicted octanol–water partition coefficient (Wildman–Crippen LogP) is 4.36. The van der Waals surface area contributed by atoms with E-state index in [1.165, 1.54) is 0 Å². The van der Waals surface area contributed by atoms with Gasteiger partial charge in [-0.3, -0.25) is 0 Å². The molecule has 1 aliphatic carbocycles. The summed E-state index contributed by atoms with van der Waals surface area (Å²) in [6.45, 7) is 1.70. The normalized spacial score (nSPS) is 18.1. The number of hydrogen-bond acceptors (Lipinski definition) is 2. The van der Waals surface area contributed by atoms with Crippen molar-refractivity contribution in [1.29, 1.82) is 0 Å². The zero-order chi connectivity index (χ0) is 12.5. The molecule has 0 radical (unpaired) electrons. The zero-order valence-corrected chi connectivity index (χ0v) is 10.2. The Morgan fingerprint density at radius 3 is 2.29 bits per heavy atom. The Morgan fingerprint density at radius 1 is 1.24 bits per heavy atom. The van der Waals surface area contributed by atoms with E-state index in [9.17, 15) is 13.2 Å². The molecular formula is C12H13F3OS. The van der Waals surface area contributed by atoms with E-state index in [-0.39, 0.29) is 19.4 Å². The van der Waals surface area contributed by atoms with E-state index in [2.05, 4.69) is 0 Å². The Morgan fingerprint density at radius 2 is 1.82 bits per heavy atom. The molecule has 0 spiro atoms. The molecule has 1 aliphatic rings. The summed E-state index contributed by atoms with van der Waals surface area (Å²) in [5, 5.41) is 0. The molecular weight excluding hydrogens is 249 g/mol. The van der Waals surface area contributed by atoms with Crippen LogP contribution in [0.3, 0.4) is 0 Å². The van der Waals surface area contributed by atoms with Crippen LogP contribution >= 0.6 is 12.0 Å². The minimum Gasteiger partial charge on any atom is -0.309 e. The highest BCUT2D eigenvalue weighted by atomic mass is 32.2. The van der Waals surface area contributed by atoms with Gasteiger partial charge in [0.1, 0.15) is 0 Å². The number of aryl methyl sites for hydroxylation is 1. The maximum Gasteiger partial charge on any atom is 0.396 e. The van der Waals surface area contributed by atoms with Crippen molar-refractivity contribution in [2.24, 2.45) is 5.41 Å². The lowest BCUT2D eigenvalue weighted by Crippen LogP contribution is -2.28. The molecule has 0 N–H and O–H groups in total. The van der Waals surface area contributed by atoms with Gasteiger partial charge in [-0.1, -0.05) is 17.7 Å². The molecule has 0 amide bonds. The van der Waals surface area contributed by atoms with E-state index in [1.54, 1.807) is 0 Å². The molecule has 0 heterocycles. The van der Waals surface area contributed by atoms with Crippen LogP contribution in [0.25, 0.3) is 0 Å². The van der Waals surface area contributed by atoms with Crippen molar-refractivity contribution < 1.29 is 17.4 Å². The van der Waals surface area contributed by atoms with Crippen molar-refractivity contribution in [1.82, 2.24) is 0 Å². The maximum atomic E-state index is 12.6. The molecule has 0 bridgehead atoms. The lowest BCUT2D eigenvalue weighted by molar-refractivity contribution is -0.193. The SMILES string of the molecule is Cc1ccc(SOCC2(C(F)(F)F)CC2)cc1. The summed E-state index contributed by atoms with van der Waals surface area (Å²) in [6.07, 6.45) is -3.77. The van der Waals surface area contributed by atoms with Gasteiger partial charge in [-0.05, 0) is 31.9 Å². The third-order valence-electron chi connectivity index (χ3n) is 2.97. The fourth-order valence-corrected chi connectivity index (χ4v) is 2.13. The molecule has 1 saturated carbocycles. The second-order valence-corrected chi connectivity index (χ2v) is 5.31. The fourth-order valence-electron chi connectivity index (χ4n) is 1.46. The minimum absolute atomic E-state index is 0.185. The van der Waals surface area contributed by atoms with Gasteiger partial charge in [-0.15, -0.1) is 0 Å². The largest absolute Gasteiger partial charge is 0.396 e. The molecule has 1 nitrogen and oxygen atoms in total. The highest BCUT2D eigenvalue weighted by molar-refractivity contribution is 7.94. The minimum atomic E-state index is -4.14. The van der Waals surface area contributed by atoms with Crippen molar-refractivity contribution in [3.8, 4) is 0 Å². The molecule has 94 valence electrons. The third kappa shape index (κ3) is 2.96. The molecule has 1 fully saturated rings. The van der Waals surface area contributed by atoms with Crippen LogP contribution in [0.15, 0.2) is 29.2 Å². The molecule has 0 aromatic heterocycles. The van der Waals surface area contributed by atoms with E-state index >= 15 is 0 Å². The van der Waals surface area contributed by atoms with Crippen LogP contribution in [0.2, 0.25) is 0 Å². The second kappa shape index (κ2) is 4.53. The first kappa shape index (κ1) is 12.8. The summed E-state index contributed by atoms with van der Waals surface area (Å²) < 4.78 is 42.9. The van der Waals surface area contributed by atoms with Gasteiger partial charge in [0.05, 0.1) is 12.0 Å². The van der Waals surface area contributed by atoms with Crippen LogP contribution in [0.1, 0.15) is 18.4 Å². The Labute approximate surface area is 103 Å². The van der Waals surface area contributed by atoms with Gasteiger partial charge in [0.15, 0.2) is 0 Å². The highest BCUT2D eigenvalue weighted by Gasteiger charge is 2.63. The number of hydrogen-bond donors (Lipinski definition) is 0. The first-order chi connectivity index (χ1) is 7.93. The van der Waals surface area contributed by atoms with Gasteiger partial charge in [-0.2, -0.15) is 13.2 Å². The summed E-state index contributed by atoms with van der Waals surface area (Å²) in [5.41, 5.74) is -0.465. The van der Waals surface area contributed by atoms with Crippen LogP contribution in [0.4, 0.5) is 13.2 Å². The van der Waals surface area contributed by atoms with Crippen molar-refractivity contribution in [3.63, 3.8) is 0 Å². The summed E-state index contributed by atoms with van der Waals surface area (Å²) in [4.78, 5) is 0.827. The third-order valence-corrected chi connectivity index (χ3v) is 3.67. The molecule has 0 atom stereocenters. The first-order valence-electron chi connectivity index (χ1n) is 5.36. The number of benzene rings is 1. The molecule has 17 heavy (non-hydrogen) atoms. The smallest absolute Gasteiger partial charge is 0.309 e. The topological polar surface area (TPSA) is 9.23 Å². The van der Waals surface area contributed by atoms with Crippen LogP contribution in [0.5, 0.6) is 0 Å². The quantitative estimate of drug-likeness (QED) is 0.745. The van der Waals surface area contributed by atoms with E-state index in [0.29, 0.717) is 0 Å². The Bertz CT molecular complexity index is 382. The van der Waals surface area contributed by atoms with Crippen molar-refractivity contribution in [2.45, 2.75) is 30.8 Å². The molecule has 0 unspecified atom stereocenters. The second-order valence-electron chi connectivity index (χ2n) is 4.44. The Hall–Kier alpha value is -0.680. The van der Waals surface area contributed by atoms with E-state index < -0.39 is 11.6 Å². The molecule has 2 rings (SSSR count). The monoisotopic (exact) mass is 262 g/mol. The molecule has 0 saturated heterocycles. The lowest BCUT2D eigenvalue weighted by atomic mass is 10.1. The van der Waals surface area contributed by atoms with Crippen molar-refractivity contribution in [2.75, 3.05) is 6.61 Å². The van der Waals surface area contributed by atoms with E-state index in [4.69, 9.17) is 4.18 Å². The van der Waals surface area contributed by atoms with E-state index in [0.717, 1.165) is 22.5 Å². The fraction of sp³-hybridized carbons (Fsp3) is 0.500. The first-order valence-corrected chi connectivity index (χ1v) is 6.10. The van der Waals surface area contributed by atoms with Crippen LogP contribution in [0, 0.1) is 12.3 Å². The van der Waals surface area contributed by atoms with Gasteiger partial charge < -0.3 is 4.18 Å². The average molecular weight is 262 g/mol. The number of rotatable bonds is 4. The Balaban J connectivity index is 1.82. The molecule has 1 aromatic carbocycles. The van der Waals surface area contributed by atoms with Gasteiger partial charge in [-0.25, -0.2) is 0 Å². The average Bonchev–Trinajstić information content (AvgIpc) is 3.01. The van der Waals surface area contributed by atoms with Gasteiger partial charge in [0.2, 0.25) is 0 Å². The van der Waals surface area contributed by atoms with Gasteiger partial charge >= 0.3 is 6.18 Å². The van der Waals surface area contributed by atoms with Gasteiger partial charge in [0.25, 0.3) is 0 Å². The highest BCUT2D eigenvalue weighted by Crippen LogP contribution is 2.58. The number of halogens is 3. The molecule has 1 aromatic rings. The standard InChI is InChI=1S/C12H13F3OS/c1-9-2-4-10(5-3-9)17-16-8-11(6-7-11)12(13,14)15/h2-5H,6-8H2,1H3. The molecule has 0 aliphatic heterocycles. The summed E-state index contributed by atoms with van der Waals surface area (Å²) in [5.74, 6) is 0.